The van der Waals surface area contributed by atoms with Gasteiger partial charge in [-0.05, 0) is 25.0 Å². The van der Waals surface area contributed by atoms with E-state index in [9.17, 15) is 14.4 Å². The van der Waals surface area contributed by atoms with Crippen LogP contribution in [0, 0.1) is 0 Å². The van der Waals surface area contributed by atoms with Crippen molar-refractivity contribution in [3.63, 3.8) is 0 Å². The Morgan fingerprint density at radius 1 is 0.958 bits per heavy atom. The first-order valence-electron chi connectivity index (χ1n) is 8.41. The van der Waals surface area contributed by atoms with Crippen LogP contribution < -0.4 is 0 Å². The zero-order valence-corrected chi connectivity index (χ0v) is 14.2. The summed E-state index contributed by atoms with van der Waals surface area (Å²) in [6.45, 7) is 4.75. The van der Waals surface area contributed by atoms with Gasteiger partial charge in [0.2, 0.25) is 5.84 Å². The highest BCUT2D eigenvalue weighted by molar-refractivity contribution is 6.48. The molecule has 6 nitrogen and oxygen atoms in total. The number of benzene rings is 1. The Kier molecular flexibility index (Phi) is 6.23. The number of unbranched alkanes of at least 4 members (excludes halogenated alkanes) is 2. The molecule has 1 saturated heterocycles. The van der Waals surface area contributed by atoms with E-state index in [1.807, 2.05) is 13.8 Å². The topological polar surface area (TPSA) is 70.1 Å². The van der Waals surface area contributed by atoms with Crippen molar-refractivity contribution in [3.05, 3.63) is 35.9 Å². The lowest BCUT2D eigenvalue weighted by atomic mass is 10.2. The van der Waals surface area contributed by atoms with Crippen molar-refractivity contribution in [2.24, 2.45) is 4.99 Å². The van der Waals surface area contributed by atoms with E-state index in [1.165, 1.54) is 9.80 Å². The van der Waals surface area contributed by atoms with Crippen LogP contribution in [0.5, 0.6) is 0 Å². The van der Waals surface area contributed by atoms with E-state index in [0.717, 1.165) is 25.7 Å². The minimum absolute atomic E-state index is 0.0570. The average Bonchev–Trinajstić information content (AvgIpc) is 2.82. The molecular weight excluding hydrogens is 306 g/mol. The van der Waals surface area contributed by atoms with E-state index in [2.05, 4.69) is 4.99 Å². The van der Waals surface area contributed by atoms with Gasteiger partial charge in [0.15, 0.2) is 0 Å². The molecule has 0 unspecified atom stereocenters. The number of imide groups is 1. The van der Waals surface area contributed by atoms with Crippen molar-refractivity contribution in [1.29, 1.82) is 0 Å². The van der Waals surface area contributed by atoms with Gasteiger partial charge in [-0.1, -0.05) is 44.9 Å². The molecule has 0 atom stereocenters. The fourth-order valence-corrected chi connectivity index (χ4v) is 2.44. The first-order valence-corrected chi connectivity index (χ1v) is 8.41. The first kappa shape index (κ1) is 17.8. The number of rotatable bonds is 7. The molecule has 4 amide bonds. The van der Waals surface area contributed by atoms with Gasteiger partial charge in [0.1, 0.15) is 0 Å². The standard InChI is InChI=1S/C18H23N3O3/c1-3-5-12-20-15(17(23)21(18(20)24)13-6-4-2)19-16(22)14-10-8-7-9-11-14/h7-11H,3-6,12-13H2,1-2H3. The van der Waals surface area contributed by atoms with E-state index < -0.39 is 11.8 Å². The van der Waals surface area contributed by atoms with Crippen LogP contribution in [0.15, 0.2) is 35.3 Å². The maximum absolute atomic E-state index is 12.5. The van der Waals surface area contributed by atoms with Gasteiger partial charge in [0.05, 0.1) is 0 Å². The highest BCUT2D eigenvalue weighted by atomic mass is 16.2. The number of nitrogens with zero attached hydrogens (tertiary/aromatic N) is 3. The molecule has 0 N–H and O–H groups in total. The summed E-state index contributed by atoms with van der Waals surface area (Å²) in [5, 5.41) is 0. The number of carbonyl (C=O) groups excluding carboxylic acids is 3. The molecule has 128 valence electrons. The van der Waals surface area contributed by atoms with E-state index in [1.54, 1.807) is 30.3 Å². The summed E-state index contributed by atoms with van der Waals surface area (Å²) in [5.74, 6) is -1.04. The Morgan fingerprint density at radius 3 is 2.12 bits per heavy atom. The van der Waals surface area contributed by atoms with Crippen LogP contribution in [-0.2, 0) is 4.79 Å². The lowest BCUT2D eigenvalue weighted by Crippen LogP contribution is -2.34. The first-order chi connectivity index (χ1) is 11.6. The lowest BCUT2D eigenvalue weighted by molar-refractivity contribution is -0.120. The number of carbonyl (C=O) groups is 3. The average molecular weight is 329 g/mol. The van der Waals surface area contributed by atoms with Crippen molar-refractivity contribution in [2.75, 3.05) is 13.1 Å². The van der Waals surface area contributed by atoms with Crippen molar-refractivity contribution < 1.29 is 14.4 Å². The Labute approximate surface area is 142 Å². The largest absolute Gasteiger partial charge is 0.332 e. The molecule has 0 spiro atoms. The van der Waals surface area contributed by atoms with Gasteiger partial charge < -0.3 is 0 Å². The smallest absolute Gasteiger partial charge is 0.273 e. The molecule has 0 saturated carbocycles. The Hall–Kier alpha value is -2.50. The molecule has 1 heterocycles. The quantitative estimate of drug-likeness (QED) is 0.722. The highest BCUT2D eigenvalue weighted by Gasteiger charge is 2.42. The van der Waals surface area contributed by atoms with Crippen LogP contribution in [0.2, 0.25) is 0 Å². The second-order valence-corrected chi connectivity index (χ2v) is 5.70. The van der Waals surface area contributed by atoms with Crippen LogP contribution >= 0.6 is 0 Å². The van der Waals surface area contributed by atoms with Crippen molar-refractivity contribution in [3.8, 4) is 0 Å². The van der Waals surface area contributed by atoms with E-state index in [0.29, 0.717) is 18.7 Å². The zero-order valence-electron chi connectivity index (χ0n) is 14.2. The summed E-state index contributed by atoms with van der Waals surface area (Å²) >= 11 is 0. The van der Waals surface area contributed by atoms with Gasteiger partial charge in [-0.3, -0.25) is 19.4 Å². The normalized spacial score (nSPS) is 16.3. The number of hydrogen-bond acceptors (Lipinski definition) is 3. The maximum Gasteiger partial charge on any atom is 0.332 e. The number of amidine groups is 1. The summed E-state index contributed by atoms with van der Waals surface area (Å²) in [7, 11) is 0. The maximum atomic E-state index is 12.5. The Bertz CT molecular complexity index is 640. The number of aliphatic imine (C=N–C) groups is 1. The second-order valence-electron chi connectivity index (χ2n) is 5.70. The van der Waals surface area contributed by atoms with Crippen LogP contribution in [0.25, 0.3) is 0 Å². The van der Waals surface area contributed by atoms with E-state index in [4.69, 9.17) is 0 Å². The lowest BCUT2D eigenvalue weighted by Gasteiger charge is -2.15. The third-order valence-electron chi connectivity index (χ3n) is 3.85. The monoisotopic (exact) mass is 329 g/mol. The summed E-state index contributed by atoms with van der Waals surface area (Å²) in [6, 6.07) is 8.17. The Morgan fingerprint density at radius 2 is 1.54 bits per heavy atom. The van der Waals surface area contributed by atoms with Gasteiger partial charge in [0.25, 0.3) is 11.8 Å². The van der Waals surface area contributed by atoms with Gasteiger partial charge in [0, 0.05) is 18.7 Å². The number of urea groups is 1. The highest BCUT2D eigenvalue weighted by Crippen LogP contribution is 2.16. The van der Waals surface area contributed by atoms with Gasteiger partial charge in [-0.25, -0.2) is 4.79 Å². The molecule has 2 rings (SSSR count). The fourth-order valence-electron chi connectivity index (χ4n) is 2.44. The Balaban J connectivity index is 2.29. The molecule has 1 aliphatic rings. The van der Waals surface area contributed by atoms with Gasteiger partial charge >= 0.3 is 6.03 Å². The summed E-state index contributed by atoms with van der Waals surface area (Å²) in [6.07, 6.45) is 3.24. The summed E-state index contributed by atoms with van der Waals surface area (Å²) in [5.41, 5.74) is 0.396. The van der Waals surface area contributed by atoms with Crippen molar-refractivity contribution >= 4 is 23.7 Å². The zero-order chi connectivity index (χ0) is 17.5. The number of hydrogen-bond donors (Lipinski definition) is 0. The van der Waals surface area contributed by atoms with Crippen molar-refractivity contribution in [1.82, 2.24) is 9.80 Å². The van der Waals surface area contributed by atoms with Crippen LogP contribution in [0.3, 0.4) is 0 Å². The third kappa shape index (κ3) is 3.88. The molecule has 1 fully saturated rings. The molecule has 1 aliphatic heterocycles. The molecule has 0 radical (unpaired) electrons. The second kappa shape index (κ2) is 8.38. The van der Waals surface area contributed by atoms with Crippen LogP contribution in [0.1, 0.15) is 49.9 Å². The molecule has 24 heavy (non-hydrogen) atoms. The minimum atomic E-state index is -0.509. The summed E-state index contributed by atoms with van der Waals surface area (Å²) < 4.78 is 0. The minimum Gasteiger partial charge on any atom is -0.273 e. The molecule has 1 aromatic carbocycles. The fraction of sp³-hybridized carbons (Fsp3) is 0.444. The van der Waals surface area contributed by atoms with Crippen molar-refractivity contribution in [2.45, 2.75) is 39.5 Å². The van der Waals surface area contributed by atoms with Crippen LogP contribution in [-0.4, -0.2) is 46.6 Å². The third-order valence-corrected chi connectivity index (χ3v) is 3.85. The summed E-state index contributed by atoms with van der Waals surface area (Å²) in [4.78, 5) is 43.8. The molecule has 0 aliphatic carbocycles. The number of amides is 4. The molecule has 1 aromatic rings. The molecular formula is C18H23N3O3. The van der Waals surface area contributed by atoms with Gasteiger partial charge in [-0.2, -0.15) is 4.99 Å². The molecule has 0 bridgehead atoms. The van der Waals surface area contributed by atoms with Crippen LogP contribution in [0.4, 0.5) is 4.79 Å². The SMILES string of the molecule is CCCCN1C(=O)C(=NC(=O)c2ccccc2)N(CCCC)C1=O. The van der Waals surface area contributed by atoms with Gasteiger partial charge in [-0.15, -0.1) is 0 Å². The van der Waals surface area contributed by atoms with E-state index >= 15 is 0 Å². The predicted octanol–water partition coefficient (Wildman–Crippen LogP) is 3.09. The molecule has 6 heteroatoms. The van der Waals surface area contributed by atoms with E-state index in [-0.39, 0.29) is 11.9 Å². The molecule has 0 aromatic heterocycles. The predicted molar refractivity (Wildman–Crippen MR) is 91.8 cm³/mol.